The molecule has 104 valence electrons. The third kappa shape index (κ3) is 2.79. The van der Waals surface area contributed by atoms with Gasteiger partial charge in [0.25, 0.3) is 5.91 Å². The number of nitrogens with two attached hydrogens (primary N) is 1. The second-order valence-electron chi connectivity index (χ2n) is 4.60. The van der Waals surface area contributed by atoms with Crippen LogP contribution in [0.4, 0.5) is 15.8 Å². The first-order valence-corrected chi connectivity index (χ1v) is 6.46. The Morgan fingerprint density at radius 1 is 1.25 bits per heavy atom. The van der Waals surface area contributed by atoms with E-state index in [0.29, 0.717) is 23.5 Å². The molecule has 0 unspecified atom stereocenters. The minimum absolute atomic E-state index is 0.190. The van der Waals surface area contributed by atoms with Crippen LogP contribution in [-0.4, -0.2) is 12.5 Å². The fourth-order valence-corrected chi connectivity index (χ4v) is 2.02. The highest BCUT2D eigenvalue weighted by Crippen LogP contribution is 2.20. The van der Waals surface area contributed by atoms with E-state index in [1.807, 2.05) is 19.9 Å². The van der Waals surface area contributed by atoms with Gasteiger partial charge in [-0.2, -0.15) is 0 Å². The van der Waals surface area contributed by atoms with Crippen LogP contribution < -0.4 is 10.6 Å². The second kappa shape index (κ2) is 5.74. The van der Waals surface area contributed by atoms with Gasteiger partial charge in [-0.05, 0) is 49.7 Å². The number of nitrogen functional groups attached to an aromatic ring is 1. The molecule has 3 nitrogen and oxygen atoms in total. The molecule has 2 N–H and O–H groups in total. The molecule has 0 aliphatic rings. The van der Waals surface area contributed by atoms with Gasteiger partial charge in [-0.25, -0.2) is 4.39 Å². The van der Waals surface area contributed by atoms with Crippen molar-refractivity contribution < 1.29 is 9.18 Å². The summed E-state index contributed by atoms with van der Waals surface area (Å²) in [6.07, 6.45) is 0. The van der Waals surface area contributed by atoms with Crippen molar-refractivity contribution in [3.8, 4) is 0 Å². The first kappa shape index (κ1) is 14.1. The number of aryl methyl sites for hydroxylation is 1. The lowest BCUT2D eigenvalue weighted by Crippen LogP contribution is -2.30. The summed E-state index contributed by atoms with van der Waals surface area (Å²) in [6, 6.07) is 11.2. The van der Waals surface area contributed by atoms with Crippen LogP contribution in [-0.2, 0) is 0 Å². The van der Waals surface area contributed by atoms with Crippen LogP contribution in [0.15, 0.2) is 42.5 Å². The summed E-state index contributed by atoms with van der Waals surface area (Å²) < 4.78 is 13.3. The highest BCUT2D eigenvalue weighted by molar-refractivity contribution is 6.06. The molecular weight excluding hydrogens is 255 g/mol. The van der Waals surface area contributed by atoms with Crippen LogP contribution in [0.25, 0.3) is 0 Å². The Kier molecular flexibility index (Phi) is 4.03. The Hall–Kier alpha value is -2.36. The number of benzene rings is 2. The zero-order chi connectivity index (χ0) is 14.7. The number of hydrogen-bond donors (Lipinski definition) is 1. The number of rotatable bonds is 3. The molecular formula is C16H17FN2O. The highest BCUT2D eigenvalue weighted by atomic mass is 19.1. The van der Waals surface area contributed by atoms with Crippen molar-refractivity contribution in [2.75, 3.05) is 17.2 Å². The van der Waals surface area contributed by atoms with E-state index >= 15 is 0 Å². The highest BCUT2D eigenvalue weighted by Gasteiger charge is 2.17. The SMILES string of the molecule is CCN(C(=O)c1ccc(C)c(N)c1)c1cccc(F)c1. The topological polar surface area (TPSA) is 46.3 Å². The molecule has 0 spiro atoms. The van der Waals surface area contributed by atoms with Crippen LogP contribution in [0.1, 0.15) is 22.8 Å². The van der Waals surface area contributed by atoms with Crippen molar-refractivity contribution in [2.24, 2.45) is 0 Å². The molecule has 0 heterocycles. The molecule has 0 bridgehead atoms. The standard InChI is InChI=1S/C16H17FN2O/c1-3-19(14-6-4-5-13(17)10-14)16(20)12-8-7-11(2)15(18)9-12/h4-10H,3,18H2,1-2H3. The Balaban J connectivity index is 2.36. The van der Waals surface area contributed by atoms with Gasteiger partial charge >= 0.3 is 0 Å². The minimum Gasteiger partial charge on any atom is -0.398 e. The summed E-state index contributed by atoms with van der Waals surface area (Å²) in [5.74, 6) is -0.554. The Morgan fingerprint density at radius 3 is 2.60 bits per heavy atom. The second-order valence-corrected chi connectivity index (χ2v) is 4.60. The summed E-state index contributed by atoms with van der Waals surface area (Å²) >= 11 is 0. The molecule has 0 fully saturated rings. The van der Waals surface area contributed by atoms with Gasteiger partial charge in [0, 0.05) is 23.5 Å². The third-order valence-electron chi connectivity index (χ3n) is 3.21. The van der Waals surface area contributed by atoms with Gasteiger partial charge in [0.2, 0.25) is 0 Å². The number of carbonyl (C=O) groups excluding carboxylic acids is 1. The molecule has 20 heavy (non-hydrogen) atoms. The number of anilines is 2. The Labute approximate surface area is 117 Å². The van der Waals surface area contributed by atoms with Gasteiger partial charge in [-0.15, -0.1) is 0 Å². The van der Waals surface area contributed by atoms with E-state index in [1.54, 1.807) is 24.3 Å². The monoisotopic (exact) mass is 272 g/mol. The number of nitrogens with zero attached hydrogens (tertiary/aromatic N) is 1. The van der Waals surface area contributed by atoms with E-state index < -0.39 is 0 Å². The summed E-state index contributed by atoms with van der Waals surface area (Å²) in [5.41, 5.74) is 8.37. The Bertz CT molecular complexity index is 640. The fraction of sp³-hybridized carbons (Fsp3) is 0.188. The number of halogens is 1. The summed E-state index contributed by atoms with van der Waals surface area (Å²) in [4.78, 5) is 14.0. The van der Waals surface area contributed by atoms with Crippen molar-refractivity contribution in [1.82, 2.24) is 0 Å². The quantitative estimate of drug-likeness (QED) is 0.871. The molecule has 2 aromatic carbocycles. The van der Waals surface area contributed by atoms with Gasteiger partial charge in [0.15, 0.2) is 0 Å². The van der Waals surface area contributed by atoms with Crippen LogP contribution >= 0.6 is 0 Å². The maximum absolute atomic E-state index is 13.3. The van der Waals surface area contributed by atoms with Gasteiger partial charge in [0.1, 0.15) is 5.82 Å². The van der Waals surface area contributed by atoms with Crippen LogP contribution in [0, 0.1) is 12.7 Å². The molecule has 0 aliphatic heterocycles. The number of amides is 1. The first-order chi connectivity index (χ1) is 9.52. The molecule has 2 aromatic rings. The Morgan fingerprint density at radius 2 is 2.00 bits per heavy atom. The van der Waals surface area contributed by atoms with Crippen molar-refractivity contribution in [2.45, 2.75) is 13.8 Å². The number of hydrogen-bond acceptors (Lipinski definition) is 2. The molecule has 0 radical (unpaired) electrons. The van der Waals surface area contributed by atoms with Crippen LogP contribution in [0.5, 0.6) is 0 Å². The summed E-state index contributed by atoms with van der Waals surface area (Å²) in [5, 5.41) is 0. The average Bonchev–Trinajstić information content (AvgIpc) is 2.42. The van der Waals surface area contributed by atoms with Gasteiger partial charge in [-0.3, -0.25) is 4.79 Å². The molecule has 0 aliphatic carbocycles. The smallest absolute Gasteiger partial charge is 0.258 e. The maximum Gasteiger partial charge on any atom is 0.258 e. The zero-order valence-corrected chi connectivity index (χ0v) is 11.6. The van der Waals surface area contributed by atoms with Crippen molar-refractivity contribution in [3.05, 3.63) is 59.4 Å². The van der Waals surface area contributed by atoms with E-state index in [2.05, 4.69) is 0 Å². The predicted octanol–water partition coefficient (Wildman–Crippen LogP) is 3.38. The van der Waals surface area contributed by atoms with Crippen LogP contribution in [0.3, 0.4) is 0 Å². The lowest BCUT2D eigenvalue weighted by atomic mass is 10.1. The average molecular weight is 272 g/mol. The maximum atomic E-state index is 13.3. The van der Waals surface area contributed by atoms with E-state index in [9.17, 15) is 9.18 Å². The molecule has 0 atom stereocenters. The normalized spacial score (nSPS) is 10.3. The zero-order valence-electron chi connectivity index (χ0n) is 11.6. The first-order valence-electron chi connectivity index (χ1n) is 6.46. The van der Waals surface area contributed by atoms with Gasteiger partial charge < -0.3 is 10.6 Å². The minimum atomic E-state index is -0.364. The van der Waals surface area contributed by atoms with Gasteiger partial charge in [-0.1, -0.05) is 12.1 Å². The predicted molar refractivity (Wildman–Crippen MR) is 79.3 cm³/mol. The van der Waals surface area contributed by atoms with E-state index in [4.69, 9.17) is 5.73 Å². The lowest BCUT2D eigenvalue weighted by Gasteiger charge is -2.21. The molecule has 0 aromatic heterocycles. The molecule has 4 heteroatoms. The summed E-state index contributed by atoms with van der Waals surface area (Å²) in [7, 11) is 0. The largest absolute Gasteiger partial charge is 0.398 e. The lowest BCUT2D eigenvalue weighted by molar-refractivity contribution is 0.0988. The molecule has 0 saturated carbocycles. The number of carbonyl (C=O) groups is 1. The third-order valence-corrected chi connectivity index (χ3v) is 3.21. The molecule has 0 saturated heterocycles. The molecule has 1 amide bonds. The van der Waals surface area contributed by atoms with E-state index in [-0.39, 0.29) is 11.7 Å². The van der Waals surface area contributed by atoms with E-state index in [0.717, 1.165) is 5.56 Å². The fourth-order valence-electron chi connectivity index (χ4n) is 2.02. The molecule has 2 rings (SSSR count). The van der Waals surface area contributed by atoms with Crippen molar-refractivity contribution >= 4 is 17.3 Å². The van der Waals surface area contributed by atoms with E-state index in [1.165, 1.54) is 17.0 Å². The van der Waals surface area contributed by atoms with Crippen molar-refractivity contribution in [3.63, 3.8) is 0 Å². The van der Waals surface area contributed by atoms with Crippen LogP contribution in [0.2, 0.25) is 0 Å². The summed E-state index contributed by atoms with van der Waals surface area (Å²) in [6.45, 7) is 4.18. The van der Waals surface area contributed by atoms with Crippen molar-refractivity contribution in [1.29, 1.82) is 0 Å². The van der Waals surface area contributed by atoms with Gasteiger partial charge in [0.05, 0.1) is 0 Å².